The van der Waals surface area contributed by atoms with Crippen molar-refractivity contribution in [3.05, 3.63) is 0 Å². The molecule has 0 saturated heterocycles. The maximum Gasteiger partial charge on any atom is 0.325 e. The van der Waals surface area contributed by atoms with E-state index in [2.05, 4.69) is 4.74 Å². The molecule has 0 aliphatic rings. The molecular weight excluding hydrogens is 214 g/mol. The zero-order valence-corrected chi connectivity index (χ0v) is 9.73. The minimum Gasteiger partial charge on any atom is -0.481 e. The van der Waals surface area contributed by atoms with Crippen LogP contribution in [0.3, 0.4) is 0 Å². The Morgan fingerprint density at radius 2 is 1.94 bits per heavy atom. The summed E-state index contributed by atoms with van der Waals surface area (Å²) in [5.41, 5.74) is 0. The number of nitrogens with zero attached hydrogens (tertiary/aromatic N) is 1. The fourth-order valence-corrected chi connectivity index (χ4v) is 1.14. The highest BCUT2D eigenvalue weighted by Gasteiger charge is 2.27. The van der Waals surface area contributed by atoms with Gasteiger partial charge in [-0.1, -0.05) is 6.92 Å². The van der Waals surface area contributed by atoms with E-state index in [0.29, 0.717) is 13.0 Å². The Bertz CT molecular complexity index is 276. The van der Waals surface area contributed by atoms with Gasteiger partial charge in [-0.15, -0.1) is 0 Å². The molecule has 0 aromatic rings. The highest BCUT2D eigenvalue weighted by molar-refractivity contribution is 5.97. The van der Waals surface area contributed by atoms with Gasteiger partial charge >= 0.3 is 11.9 Å². The van der Waals surface area contributed by atoms with E-state index in [-0.39, 0.29) is 6.54 Å². The van der Waals surface area contributed by atoms with Crippen molar-refractivity contribution in [2.24, 2.45) is 5.92 Å². The third-order valence-electron chi connectivity index (χ3n) is 2.09. The number of carboxylic acid groups (broad SMARTS) is 1. The summed E-state index contributed by atoms with van der Waals surface area (Å²) in [4.78, 5) is 34.5. The summed E-state index contributed by atoms with van der Waals surface area (Å²) in [6.45, 7) is 3.26. The van der Waals surface area contributed by atoms with E-state index in [9.17, 15) is 14.4 Å². The summed E-state index contributed by atoms with van der Waals surface area (Å²) in [6, 6.07) is 0. The second-order valence-electron chi connectivity index (χ2n) is 3.40. The van der Waals surface area contributed by atoms with E-state index in [0.717, 1.165) is 0 Å². The lowest BCUT2D eigenvalue weighted by molar-refractivity contribution is -0.154. The first kappa shape index (κ1) is 14.4. The molecule has 0 aromatic carbocycles. The fraction of sp³-hybridized carbons (Fsp3) is 0.700. The summed E-state index contributed by atoms with van der Waals surface area (Å²) < 4.78 is 4.44. The minimum atomic E-state index is -1.20. The van der Waals surface area contributed by atoms with Gasteiger partial charge in [0, 0.05) is 6.54 Å². The van der Waals surface area contributed by atoms with Crippen molar-refractivity contribution in [3.63, 3.8) is 0 Å². The van der Waals surface area contributed by atoms with E-state index in [1.54, 1.807) is 0 Å². The highest BCUT2D eigenvalue weighted by Crippen LogP contribution is 2.04. The van der Waals surface area contributed by atoms with Gasteiger partial charge in [0.05, 0.1) is 7.11 Å². The molecule has 0 rings (SSSR count). The normalized spacial score (nSPS) is 11.7. The maximum absolute atomic E-state index is 11.7. The van der Waals surface area contributed by atoms with Crippen molar-refractivity contribution in [1.29, 1.82) is 0 Å². The lowest BCUT2D eigenvalue weighted by Gasteiger charge is -2.22. The van der Waals surface area contributed by atoms with Crippen LogP contribution in [0.1, 0.15) is 20.3 Å². The lowest BCUT2D eigenvalue weighted by Crippen LogP contribution is -2.41. The van der Waals surface area contributed by atoms with Gasteiger partial charge in [0.1, 0.15) is 12.5 Å². The van der Waals surface area contributed by atoms with Crippen LogP contribution in [0.25, 0.3) is 0 Å². The van der Waals surface area contributed by atoms with Gasteiger partial charge in [0.15, 0.2) is 0 Å². The molecule has 0 spiro atoms. The highest BCUT2D eigenvalue weighted by atomic mass is 16.5. The van der Waals surface area contributed by atoms with Gasteiger partial charge in [-0.25, -0.2) is 0 Å². The number of esters is 1. The molecule has 0 radical (unpaired) electrons. The minimum absolute atomic E-state index is 0.208. The topological polar surface area (TPSA) is 83.9 Å². The van der Waals surface area contributed by atoms with Gasteiger partial charge in [-0.3, -0.25) is 14.4 Å². The molecule has 0 fully saturated rings. The Kier molecular flexibility index (Phi) is 6.14. The molecule has 1 N–H and O–H groups in total. The number of methoxy groups -OCH3 is 1. The third-order valence-corrected chi connectivity index (χ3v) is 2.09. The average Bonchev–Trinajstić information content (AvgIpc) is 2.26. The molecular formula is C10H17NO5. The van der Waals surface area contributed by atoms with Crippen LogP contribution in [0.15, 0.2) is 0 Å². The van der Waals surface area contributed by atoms with Crippen molar-refractivity contribution in [2.75, 3.05) is 20.2 Å². The van der Waals surface area contributed by atoms with E-state index >= 15 is 0 Å². The number of hydrogen-bond acceptors (Lipinski definition) is 4. The summed E-state index contributed by atoms with van der Waals surface area (Å²) in [6.07, 6.45) is 0.648. The van der Waals surface area contributed by atoms with Crippen molar-refractivity contribution >= 4 is 17.8 Å². The third kappa shape index (κ3) is 4.29. The van der Waals surface area contributed by atoms with Crippen LogP contribution < -0.4 is 0 Å². The van der Waals surface area contributed by atoms with Crippen LogP contribution in [0, 0.1) is 5.92 Å². The summed E-state index contributed by atoms with van der Waals surface area (Å²) in [7, 11) is 1.22. The zero-order chi connectivity index (χ0) is 12.7. The molecule has 16 heavy (non-hydrogen) atoms. The molecule has 0 aliphatic carbocycles. The molecule has 6 nitrogen and oxygen atoms in total. The van der Waals surface area contributed by atoms with Gasteiger partial charge < -0.3 is 14.7 Å². The summed E-state index contributed by atoms with van der Waals surface area (Å²) in [5.74, 6) is -3.47. The lowest BCUT2D eigenvalue weighted by atomic mass is 10.1. The fourth-order valence-electron chi connectivity index (χ4n) is 1.14. The van der Waals surface area contributed by atoms with Crippen molar-refractivity contribution in [1.82, 2.24) is 4.90 Å². The molecule has 0 bridgehead atoms. The first-order valence-corrected chi connectivity index (χ1v) is 5.02. The zero-order valence-electron chi connectivity index (χ0n) is 9.73. The number of aliphatic carboxylic acids is 1. The Labute approximate surface area is 94.2 Å². The molecule has 1 atom stereocenters. The number of rotatable bonds is 6. The second kappa shape index (κ2) is 6.81. The Hall–Kier alpha value is -1.59. The molecule has 92 valence electrons. The van der Waals surface area contributed by atoms with Crippen LogP contribution in [0.5, 0.6) is 0 Å². The molecule has 0 saturated carbocycles. The van der Waals surface area contributed by atoms with Crippen LogP contribution in [-0.2, 0) is 19.1 Å². The summed E-state index contributed by atoms with van der Waals surface area (Å²) in [5, 5.41) is 8.70. The Morgan fingerprint density at radius 1 is 1.38 bits per heavy atom. The average molecular weight is 231 g/mol. The second-order valence-corrected chi connectivity index (χ2v) is 3.40. The molecule has 0 heterocycles. The van der Waals surface area contributed by atoms with E-state index in [1.807, 2.05) is 6.92 Å². The van der Waals surface area contributed by atoms with E-state index in [4.69, 9.17) is 5.11 Å². The van der Waals surface area contributed by atoms with Gasteiger partial charge in [-0.2, -0.15) is 0 Å². The number of carbonyl (C=O) groups excluding carboxylic acids is 2. The van der Waals surface area contributed by atoms with Crippen LogP contribution in [0.2, 0.25) is 0 Å². The molecule has 0 aromatic heterocycles. The van der Waals surface area contributed by atoms with Crippen LogP contribution in [-0.4, -0.2) is 48.1 Å². The predicted molar refractivity (Wildman–Crippen MR) is 55.7 cm³/mol. The first-order chi connectivity index (χ1) is 7.43. The summed E-state index contributed by atoms with van der Waals surface area (Å²) >= 11 is 0. The first-order valence-electron chi connectivity index (χ1n) is 5.02. The van der Waals surface area contributed by atoms with Crippen molar-refractivity contribution in [2.45, 2.75) is 20.3 Å². The van der Waals surface area contributed by atoms with Gasteiger partial charge in [0.25, 0.3) is 0 Å². The van der Waals surface area contributed by atoms with Crippen LogP contribution >= 0.6 is 0 Å². The molecule has 1 amide bonds. The van der Waals surface area contributed by atoms with Gasteiger partial charge in [-0.05, 0) is 13.3 Å². The standard InChI is InChI=1S/C10H17NO5/c1-4-5-11(6-8(12)16-3)9(13)7(2)10(14)15/h7H,4-6H2,1-3H3,(H,14,15). The Morgan fingerprint density at radius 3 is 2.31 bits per heavy atom. The smallest absolute Gasteiger partial charge is 0.325 e. The number of carbonyl (C=O) groups is 3. The quantitative estimate of drug-likeness (QED) is 0.518. The molecule has 0 aliphatic heterocycles. The van der Waals surface area contributed by atoms with Crippen molar-refractivity contribution in [3.8, 4) is 0 Å². The van der Waals surface area contributed by atoms with E-state index in [1.165, 1.54) is 18.9 Å². The number of ether oxygens (including phenoxy) is 1. The molecule has 1 unspecified atom stereocenters. The predicted octanol–water partition coefficient (Wildman–Crippen LogP) is 0.119. The van der Waals surface area contributed by atoms with E-state index < -0.39 is 23.8 Å². The molecule has 6 heteroatoms. The number of carboxylic acids is 1. The number of hydrogen-bond donors (Lipinski definition) is 1. The SMILES string of the molecule is CCCN(CC(=O)OC)C(=O)C(C)C(=O)O. The maximum atomic E-state index is 11.7. The van der Waals surface area contributed by atoms with Crippen LogP contribution in [0.4, 0.5) is 0 Å². The van der Waals surface area contributed by atoms with Crippen molar-refractivity contribution < 1.29 is 24.2 Å². The Balaban J connectivity index is 4.57. The monoisotopic (exact) mass is 231 g/mol. The number of amides is 1. The largest absolute Gasteiger partial charge is 0.481 e. The van der Waals surface area contributed by atoms with Gasteiger partial charge in [0.2, 0.25) is 5.91 Å².